The molecule has 3 heteroatoms. The van der Waals surface area contributed by atoms with Gasteiger partial charge in [-0.3, -0.25) is 0 Å². The number of ether oxygens (including phenoxy) is 1. The summed E-state index contributed by atoms with van der Waals surface area (Å²) < 4.78 is 5.07. The highest BCUT2D eigenvalue weighted by Crippen LogP contribution is 2.29. The van der Waals surface area contributed by atoms with E-state index in [-0.39, 0.29) is 11.7 Å². The fourth-order valence-corrected chi connectivity index (χ4v) is 1.25. The normalized spacial score (nSPS) is 10.2. The summed E-state index contributed by atoms with van der Waals surface area (Å²) in [6, 6.07) is 4.75. The number of benzene rings is 1. The number of rotatable bonds is 3. The fourth-order valence-electron chi connectivity index (χ4n) is 1.25. The van der Waals surface area contributed by atoms with Gasteiger partial charge in [0.1, 0.15) is 11.5 Å². The van der Waals surface area contributed by atoms with E-state index in [9.17, 15) is 9.90 Å². The average molecular weight is 220 g/mol. The van der Waals surface area contributed by atoms with Crippen LogP contribution in [-0.4, -0.2) is 11.1 Å². The molecule has 1 aromatic rings. The minimum absolute atomic E-state index is 0.170. The van der Waals surface area contributed by atoms with Crippen LogP contribution in [0.15, 0.2) is 30.4 Å². The van der Waals surface area contributed by atoms with Crippen molar-refractivity contribution >= 4 is 5.97 Å². The lowest BCUT2D eigenvalue weighted by Gasteiger charge is -2.10. The van der Waals surface area contributed by atoms with Crippen LogP contribution in [0, 0.1) is 0 Å². The first kappa shape index (κ1) is 12.3. The van der Waals surface area contributed by atoms with Crippen molar-refractivity contribution in [1.82, 2.24) is 0 Å². The molecule has 0 fully saturated rings. The first-order chi connectivity index (χ1) is 7.41. The number of phenols is 1. The Morgan fingerprint density at radius 2 is 2.06 bits per heavy atom. The maximum absolute atomic E-state index is 11.3. The molecule has 0 saturated carbocycles. The van der Waals surface area contributed by atoms with Crippen molar-refractivity contribution in [3.05, 3.63) is 35.9 Å². The minimum atomic E-state index is -0.458. The topological polar surface area (TPSA) is 46.5 Å². The zero-order chi connectivity index (χ0) is 12.3. The smallest absolute Gasteiger partial charge is 0.338 e. The van der Waals surface area contributed by atoms with Crippen LogP contribution < -0.4 is 4.74 Å². The summed E-state index contributed by atoms with van der Waals surface area (Å²) in [5.74, 6) is 0.350. The predicted octanol–water partition coefficient (Wildman–Crippen LogP) is 3.00. The molecule has 86 valence electrons. The molecule has 3 nitrogen and oxygen atoms in total. The van der Waals surface area contributed by atoms with E-state index in [1.165, 1.54) is 6.07 Å². The molecule has 0 aromatic heterocycles. The first-order valence-electron chi connectivity index (χ1n) is 5.12. The first-order valence-corrected chi connectivity index (χ1v) is 5.12. The Morgan fingerprint density at radius 3 is 2.56 bits per heavy atom. The van der Waals surface area contributed by atoms with Gasteiger partial charge in [-0.15, -0.1) is 0 Å². The highest BCUT2D eigenvalue weighted by atomic mass is 16.5. The lowest BCUT2D eigenvalue weighted by molar-refractivity contribution is -0.130. The Labute approximate surface area is 95.4 Å². The molecule has 0 saturated heterocycles. The Kier molecular flexibility index (Phi) is 3.72. The minimum Gasteiger partial charge on any atom is -0.508 e. The highest BCUT2D eigenvalue weighted by molar-refractivity contribution is 5.88. The summed E-state index contributed by atoms with van der Waals surface area (Å²) in [7, 11) is 0. The molecule has 1 rings (SSSR count). The summed E-state index contributed by atoms with van der Waals surface area (Å²) in [6.07, 6.45) is 0. The third-order valence-corrected chi connectivity index (χ3v) is 2.18. The highest BCUT2D eigenvalue weighted by Gasteiger charge is 2.10. The van der Waals surface area contributed by atoms with Gasteiger partial charge in [0.05, 0.1) is 0 Å². The van der Waals surface area contributed by atoms with E-state index in [0.717, 1.165) is 5.56 Å². The number of phenolic OH excluding ortho intramolecular Hbond substituents is 1. The number of esters is 1. The van der Waals surface area contributed by atoms with Crippen LogP contribution >= 0.6 is 0 Å². The van der Waals surface area contributed by atoms with E-state index in [2.05, 4.69) is 6.58 Å². The third-order valence-electron chi connectivity index (χ3n) is 2.18. The molecule has 0 aliphatic carbocycles. The molecule has 0 unspecified atom stereocenters. The fraction of sp³-hybridized carbons (Fsp3) is 0.308. The molecule has 0 spiro atoms. The second kappa shape index (κ2) is 4.84. The molecule has 0 aliphatic rings. The average Bonchev–Trinajstić information content (AvgIpc) is 2.20. The van der Waals surface area contributed by atoms with Crippen molar-refractivity contribution in [3.8, 4) is 11.5 Å². The van der Waals surface area contributed by atoms with Gasteiger partial charge >= 0.3 is 5.97 Å². The number of carbonyl (C=O) groups excluding carboxylic acids is 1. The molecule has 16 heavy (non-hydrogen) atoms. The van der Waals surface area contributed by atoms with Crippen LogP contribution in [0.3, 0.4) is 0 Å². The molecule has 1 N–H and O–H groups in total. The Bertz CT molecular complexity index is 419. The number of hydrogen-bond donors (Lipinski definition) is 1. The van der Waals surface area contributed by atoms with Crippen LogP contribution in [0.25, 0.3) is 0 Å². The van der Waals surface area contributed by atoms with E-state index >= 15 is 0 Å². The van der Waals surface area contributed by atoms with E-state index in [1.807, 2.05) is 13.8 Å². The largest absolute Gasteiger partial charge is 0.508 e. The van der Waals surface area contributed by atoms with Crippen LogP contribution in [0.4, 0.5) is 0 Å². The van der Waals surface area contributed by atoms with Gasteiger partial charge in [-0.05, 0) is 31.0 Å². The van der Waals surface area contributed by atoms with Gasteiger partial charge < -0.3 is 9.84 Å². The van der Waals surface area contributed by atoms with Gasteiger partial charge in [-0.25, -0.2) is 4.79 Å². The van der Waals surface area contributed by atoms with Crippen molar-refractivity contribution in [1.29, 1.82) is 0 Å². The Morgan fingerprint density at radius 1 is 1.44 bits per heavy atom. The Hall–Kier alpha value is -1.77. The second-order valence-corrected chi connectivity index (χ2v) is 4.05. The van der Waals surface area contributed by atoms with Crippen molar-refractivity contribution in [2.24, 2.45) is 0 Å². The van der Waals surface area contributed by atoms with Gasteiger partial charge in [0.2, 0.25) is 0 Å². The van der Waals surface area contributed by atoms with E-state index in [0.29, 0.717) is 11.3 Å². The number of hydrogen-bond acceptors (Lipinski definition) is 3. The number of aromatic hydroxyl groups is 1. The summed E-state index contributed by atoms with van der Waals surface area (Å²) >= 11 is 0. The Balaban J connectivity index is 2.95. The maximum Gasteiger partial charge on any atom is 0.338 e. The predicted molar refractivity (Wildman–Crippen MR) is 62.6 cm³/mol. The molecular weight excluding hydrogens is 204 g/mol. The van der Waals surface area contributed by atoms with Crippen LogP contribution in [0.1, 0.15) is 32.3 Å². The number of carbonyl (C=O) groups is 1. The molecule has 0 atom stereocenters. The van der Waals surface area contributed by atoms with Gasteiger partial charge in [-0.1, -0.05) is 20.4 Å². The van der Waals surface area contributed by atoms with Gasteiger partial charge in [0, 0.05) is 11.1 Å². The van der Waals surface area contributed by atoms with Crippen LogP contribution in [0.2, 0.25) is 0 Å². The maximum atomic E-state index is 11.3. The summed E-state index contributed by atoms with van der Waals surface area (Å²) in [5, 5.41) is 9.59. The lowest BCUT2D eigenvalue weighted by atomic mass is 10.0. The zero-order valence-corrected chi connectivity index (χ0v) is 9.78. The molecule has 0 radical (unpaired) electrons. The van der Waals surface area contributed by atoms with Crippen molar-refractivity contribution in [3.63, 3.8) is 0 Å². The molecule has 0 heterocycles. The zero-order valence-electron chi connectivity index (χ0n) is 9.78. The van der Waals surface area contributed by atoms with E-state index in [1.54, 1.807) is 19.1 Å². The molecule has 1 aromatic carbocycles. The summed E-state index contributed by atoms with van der Waals surface area (Å²) in [6.45, 7) is 9.01. The van der Waals surface area contributed by atoms with Crippen LogP contribution in [-0.2, 0) is 4.79 Å². The summed E-state index contributed by atoms with van der Waals surface area (Å²) in [4.78, 5) is 11.3. The molecule has 0 bridgehead atoms. The molecular formula is C13H16O3. The SMILES string of the molecule is C=C(C)C(=O)Oc1ccc(O)c(C(C)C)c1. The van der Waals surface area contributed by atoms with Crippen molar-refractivity contribution in [2.45, 2.75) is 26.7 Å². The van der Waals surface area contributed by atoms with Crippen LogP contribution in [0.5, 0.6) is 11.5 Å². The van der Waals surface area contributed by atoms with E-state index < -0.39 is 5.97 Å². The van der Waals surface area contributed by atoms with E-state index in [4.69, 9.17) is 4.74 Å². The lowest BCUT2D eigenvalue weighted by Crippen LogP contribution is -2.08. The standard InChI is InChI=1S/C13H16O3/c1-8(2)11-7-10(5-6-12(11)14)16-13(15)9(3)4/h5-8,14H,3H2,1-2,4H3. The quantitative estimate of drug-likeness (QED) is 0.484. The van der Waals surface area contributed by atoms with Crippen molar-refractivity contribution in [2.75, 3.05) is 0 Å². The van der Waals surface area contributed by atoms with Gasteiger partial charge in [0.25, 0.3) is 0 Å². The van der Waals surface area contributed by atoms with Crippen molar-refractivity contribution < 1.29 is 14.6 Å². The van der Waals surface area contributed by atoms with Gasteiger partial charge in [0.15, 0.2) is 0 Å². The second-order valence-electron chi connectivity index (χ2n) is 4.05. The molecule has 0 aliphatic heterocycles. The monoisotopic (exact) mass is 220 g/mol. The van der Waals surface area contributed by atoms with Gasteiger partial charge in [-0.2, -0.15) is 0 Å². The third kappa shape index (κ3) is 2.86. The molecule has 0 amide bonds. The summed E-state index contributed by atoms with van der Waals surface area (Å²) in [5.41, 5.74) is 1.10.